The van der Waals surface area contributed by atoms with Gasteiger partial charge in [-0.1, -0.05) is 11.6 Å². The molecule has 1 aromatic rings. The summed E-state index contributed by atoms with van der Waals surface area (Å²) in [5, 5.41) is -0.270. The summed E-state index contributed by atoms with van der Waals surface area (Å²) in [6.07, 6.45) is -2.41. The molecule has 0 spiro atoms. The largest absolute Gasteiger partial charge is 0.480 e. The van der Waals surface area contributed by atoms with Crippen LogP contribution in [0.25, 0.3) is 0 Å². The van der Waals surface area contributed by atoms with Crippen LogP contribution in [0.15, 0.2) is 6.07 Å². The Bertz CT molecular complexity index is 357. The number of methoxy groups -OCH3 is 1. The van der Waals surface area contributed by atoms with E-state index in [1.807, 2.05) is 0 Å². The highest BCUT2D eigenvalue weighted by Gasteiger charge is 2.18. The van der Waals surface area contributed by atoms with E-state index < -0.39 is 12.0 Å². The maximum atomic E-state index is 12.4. The summed E-state index contributed by atoms with van der Waals surface area (Å²) in [6.45, 7) is 0. The molecule has 0 aliphatic heterocycles. The van der Waals surface area contributed by atoms with E-state index in [0.717, 1.165) is 6.07 Å². The number of carbonyl (C=O) groups is 1. The Balaban J connectivity index is 3.34. The second-order valence-electron chi connectivity index (χ2n) is 2.38. The Morgan fingerprint density at radius 2 is 2.29 bits per heavy atom. The minimum absolute atomic E-state index is 0.137. The van der Waals surface area contributed by atoms with Crippen LogP contribution in [0.4, 0.5) is 8.78 Å². The molecule has 1 aromatic heterocycles. The van der Waals surface area contributed by atoms with Crippen molar-refractivity contribution in [1.29, 1.82) is 0 Å². The van der Waals surface area contributed by atoms with E-state index in [4.69, 9.17) is 11.6 Å². The van der Waals surface area contributed by atoms with Gasteiger partial charge in [-0.25, -0.2) is 13.8 Å². The van der Waals surface area contributed by atoms with E-state index in [2.05, 4.69) is 9.72 Å². The van der Waals surface area contributed by atoms with Gasteiger partial charge < -0.3 is 4.74 Å². The summed E-state index contributed by atoms with van der Waals surface area (Å²) in [6, 6.07) is 0.933. The first-order valence-corrected chi connectivity index (χ1v) is 3.95. The Morgan fingerprint density at radius 3 is 2.71 bits per heavy atom. The van der Waals surface area contributed by atoms with Gasteiger partial charge in [0.25, 0.3) is 6.43 Å². The molecule has 0 aliphatic rings. The lowest BCUT2D eigenvalue weighted by Gasteiger charge is -2.07. The van der Waals surface area contributed by atoms with Gasteiger partial charge in [0.1, 0.15) is 10.7 Å². The maximum absolute atomic E-state index is 12.4. The Hall–Kier alpha value is -1.23. The molecule has 1 heterocycles. The lowest BCUT2D eigenvalue weighted by atomic mass is 10.2. The van der Waals surface area contributed by atoms with Gasteiger partial charge in [-0.3, -0.25) is 4.79 Å². The second kappa shape index (κ2) is 4.32. The number of ether oxygens (including phenoxy) is 1. The molecule has 0 unspecified atom stereocenters. The molecule has 0 radical (unpaired) electrons. The van der Waals surface area contributed by atoms with Gasteiger partial charge in [0.15, 0.2) is 6.29 Å². The number of halogens is 3. The highest BCUT2D eigenvalue weighted by Crippen LogP contribution is 2.33. The number of pyridine rings is 1. The molecule has 0 atom stereocenters. The maximum Gasteiger partial charge on any atom is 0.265 e. The summed E-state index contributed by atoms with van der Waals surface area (Å²) in [4.78, 5) is 14.0. The molecule has 0 saturated heterocycles. The molecule has 0 saturated carbocycles. The van der Waals surface area contributed by atoms with E-state index in [1.165, 1.54) is 7.11 Å². The van der Waals surface area contributed by atoms with Crippen molar-refractivity contribution < 1.29 is 18.3 Å². The van der Waals surface area contributed by atoms with Crippen LogP contribution in [0.3, 0.4) is 0 Å². The van der Waals surface area contributed by atoms with Crippen molar-refractivity contribution in [3.63, 3.8) is 0 Å². The minimum atomic E-state index is -2.77. The van der Waals surface area contributed by atoms with Crippen LogP contribution < -0.4 is 4.74 Å². The minimum Gasteiger partial charge on any atom is -0.480 e. The van der Waals surface area contributed by atoms with Crippen LogP contribution in [-0.4, -0.2) is 18.4 Å². The van der Waals surface area contributed by atoms with E-state index in [9.17, 15) is 13.6 Å². The summed E-state index contributed by atoms with van der Waals surface area (Å²) in [5.41, 5.74) is -0.595. The number of carbonyl (C=O) groups excluding carboxylic acids is 1. The summed E-state index contributed by atoms with van der Waals surface area (Å²) in [7, 11) is 1.23. The first-order valence-electron chi connectivity index (χ1n) is 3.58. The van der Waals surface area contributed by atoms with E-state index in [0.29, 0.717) is 6.29 Å². The number of aromatic nitrogens is 1. The predicted octanol–water partition coefficient (Wildman–Crippen LogP) is 2.49. The SMILES string of the molecule is COc1nc(C=O)cc(C(F)F)c1Cl. The normalized spacial score (nSPS) is 10.4. The van der Waals surface area contributed by atoms with Gasteiger partial charge >= 0.3 is 0 Å². The van der Waals surface area contributed by atoms with Crippen molar-refractivity contribution in [2.45, 2.75) is 6.43 Å². The third-order valence-electron chi connectivity index (χ3n) is 1.52. The van der Waals surface area contributed by atoms with Crippen molar-refractivity contribution in [2.75, 3.05) is 7.11 Å². The molecule has 0 aliphatic carbocycles. The Kier molecular flexibility index (Phi) is 3.35. The first-order chi connectivity index (χ1) is 6.60. The van der Waals surface area contributed by atoms with Gasteiger partial charge in [-0.05, 0) is 6.07 Å². The van der Waals surface area contributed by atoms with Crippen LogP contribution in [0.5, 0.6) is 5.88 Å². The zero-order valence-corrected chi connectivity index (χ0v) is 7.89. The zero-order chi connectivity index (χ0) is 10.7. The molecule has 6 heteroatoms. The van der Waals surface area contributed by atoms with Crippen molar-refractivity contribution in [1.82, 2.24) is 4.98 Å². The molecular weight excluding hydrogens is 216 g/mol. The third kappa shape index (κ3) is 1.98. The zero-order valence-electron chi connectivity index (χ0n) is 7.13. The van der Waals surface area contributed by atoms with Crippen molar-refractivity contribution in [2.24, 2.45) is 0 Å². The van der Waals surface area contributed by atoms with Crippen LogP contribution in [0, 0.1) is 0 Å². The number of rotatable bonds is 3. The monoisotopic (exact) mass is 221 g/mol. The van der Waals surface area contributed by atoms with E-state index >= 15 is 0 Å². The van der Waals surface area contributed by atoms with Gasteiger partial charge in [0.05, 0.1) is 7.11 Å². The average molecular weight is 222 g/mol. The molecule has 0 bridgehead atoms. The summed E-state index contributed by atoms with van der Waals surface area (Å²) in [5.74, 6) is -0.174. The fourth-order valence-corrected chi connectivity index (χ4v) is 1.16. The molecule has 0 fully saturated rings. The topological polar surface area (TPSA) is 39.2 Å². The average Bonchev–Trinajstić information content (AvgIpc) is 2.17. The quantitative estimate of drug-likeness (QED) is 0.736. The van der Waals surface area contributed by atoms with Crippen molar-refractivity contribution >= 4 is 17.9 Å². The highest BCUT2D eigenvalue weighted by molar-refractivity contribution is 6.32. The molecule has 76 valence electrons. The Morgan fingerprint density at radius 1 is 1.64 bits per heavy atom. The number of alkyl halides is 2. The molecule has 3 nitrogen and oxygen atoms in total. The first kappa shape index (κ1) is 10.8. The van der Waals surface area contributed by atoms with Crippen LogP contribution in [-0.2, 0) is 0 Å². The molecule has 0 aromatic carbocycles. The summed E-state index contributed by atoms with van der Waals surface area (Å²) >= 11 is 5.55. The molecule has 0 N–H and O–H groups in total. The highest BCUT2D eigenvalue weighted by atomic mass is 35.5. The number of aldehydes is 1. The van der Waals surface area contributed by atoms with Gasteiger partial charge in [0.2, 0.25) is 5.88 Å². The number of hydrogen-bond acceptors (Lipinski definition) is 3. The lowest BCUT2D eigenvalue weighted by molar-refractivity contribution is 0.111. The van der Waals surface area contributed by atoms with Gasteiger partial charge in [0, 0.05) is 5.56 Å². The van der Waals surface area contributed by atoms with E-state index in [-0.39, 0.29) is 16.6 Å². The van der Waals surface area contributed by atoms with Crippen molar-refractivity contribution in [3.8, 4) is 5.88 Å². The Labute approximate surface area is 83.7 Å². The standard InChI is InChI=1S/C8H6ClF2NO2/c1-14-8-6(9)5(7(10)11)2-4(3-13)12-8/h2-3,7H,1H3. The molecule has 14 heavy (non-hydrogen) atoms. The number of nitrogens with zero attached hydrogens (tertiary/aromatic N) is 1. The van der Waals surface area contributed by atoms with Crippen molar-refractivity contribution in [3.05, 3.63) is 22.3 Å². The van der Waals surface area contributed by atoms with E-state index in [1.54, 1.807) is 0 Å². The molecular formula is C8H6ClF2NO2. The predicted molar refractivity (Wildman–Crippen MR) is 46.1 cm³/mol. The number of hydrogen-bond donors (Lipinski definition) is 0. The second-order valence-corrected chi connectivity index (χ2v) is 2.76. The fourth-order valence-electron chi connectivity index (χ4n) is 0.899. The lowest BCUT2D eigenvalue weighted by Crippen LogP contribution is -1.98. The van der Waals surface area contributed by atoms with Crippen LogP contribution in [0.1, 0.15) is 22.5 Å². The van der Waals surface area contributed by atoms with Gasteiger partial charge in [-0.2, -0.15) is 0 Å². The van der Waals surface area contributed by atoms with Gasteiger partial charge in [-0.15, -0.1) is 0 Å². The van der Waals surface area contributed by atoms with Crippen LogP contribution >= 0.6 is 11.6 Å². The molecule has 0 amide bonds. The third-order valence-corrected chi connectivity index (χ3v) is 1.90. The summed E-state index contributed by atoms with van der Waals surface area (Å²) < 4.78 is 29.4. The fraction of sp³-hybridized carbons (Fsp3) is 0.250. The molecule has 1 rings (SSSR count). The van der Waals surface area contributed by atoms with Crippen LogP contribution in [0.2, 0.25) is 5.02 Å². The smallest absolute Gasteiger partial charge is 0.265 e.